The summed E-state index contributed by atoms with van der Waals surface area (Å²) in [4.78, 5) is 17.3. The predicted octanol–water partition coefficient (Wildman–Crippen LogP) is 4.10. The third-order valence-electron chi connectivity index (χ3n) is 4.82. The number of nitrogens with zero attached hydrogens (tertiary/aromatic N) is 2. The second kappa shape index (κ2) is 8.16. The highest BCUT2D eigenvalue weighted by Gasteiger charge is 2.15. The molecule has 0 saturated heterocycles. The van der Waals surface area contributed by atoms with Crippen molar-refractivity contribution in [1.82, 2.24) is 15.2 Å². The van der Waals surface area contributed by atoms with Crippen LogP contribution in [0.15, 0.2) is 77.7 Å². The Labute approximate surface area is 180 Å². The molecule has 156 valence electrons. The Hall–Kier alpha value is -3.78. The highest BCUT2D eigenvalue weighted by Crippen LogP contribution is 2.22. The number of amides is 1. The zero-order chi connectivity index (χ0) is 22.0. The molecule has 8 heteroatoms. The number of anilines is 1. The fraction of sp³-hybridized carbons (Fsp3) is 0.0870. The van der Waals surface area contributed by atoms with Crippen molar-refractivity contribution in [3.8, 4) is 22.8 Å². The number of sulfone groups is 1. The van der Waals surface area contributed by atoms with Gasteiger partial charge in [0, 0.05) is 28.6 Å². The van der Waals surface area contributed by atoms with E-state index in [2.05, 4.69) is 20.5 Å². The van der Waals surface area contributed by atoms with Crippen molar-refractivity contribution >= 4 is 21.4 Å². The number of benzene rings is 3. The molecule has 0 atom stereocenters. The molecule has 0 aliphatic heterocycles. The highest BCUT2D eigenvalue weighted by atomic mass is 32.2. The van der Waals surface area contributed by atoms with Crippen molar-refractivity contribution in [2.75, 3.05) is 11.6 Å². The Balaban J connectivity index is 1.52. The van der Waals surface area contributed by atoms with Crippen molar-refractivity contribution in [3.05, 3.63) is 83.9 Å². The molecule has 0 radical (unpaired) electrons. The number of carbonyl (C=O) groups excluding carboxylic acids is 1. The largest absolute Gasteiger partial charge is 0.322 e. The SMILES string of the molecule is Cc1ccc(S(C)(=O)=O)cc1C(=O)Nc1ccc(-c2nc(-c3ccccc3)n[nH]2)cc1. The average molecular weight is 433 g/mol. The maximum atomic E-state index is 12.7. The van der Waals surface area contributed by atoms with Crippen molar-refractivity contribution in [2.24, 2.45) is 0 Å². The third-order valence-corrected chi connectivity index (χ3v) is 5.93. The molecule has 0 fully saturated rings. The molecule has 1 heterocycles. The molecule has 0 spiro atoms. The fourth-order valence-corrected chi connectivity index (χ4v) is 3.74. The van der Waals surface area contributed by atoms with E-state index in [1.807, 2.05) is 42.5 Å². The smallest absolute Gasteiger partial charge is 0.255 e. The summed E-state index contributed by atoms with van der Waals surface area (Å²) in [5.41, 5.74) is 3.33. The molecule has 4 rings (SSSR count). The molecule has 31 heavy (non-hydrogen) atoms. The first-order valence-corrected chi connectivity index (χ1v) is 11.4. The van der Waals surface area contributed by atoms with Crippen molar-refractivity contribution in [1.29, 1.82) is 0 Å². The van der Waals surface area contributed by atoms with Crippen LogP contribution in [-0.4, -0.2) is 35.8 Å². The minimum atomic E-state index is -3.40. The first-order valence-electron chi connectivity index (χ1n) is 9.51. The van der Waals surface area contributed by atoms with E-state index < -0.39 is 9.84 Å². The topological polar surface area (TPSA) is 105 Å². The van der Waals surface area contributed by atoms with Crippen LogP contribution in [0.2, 0.25) is 0 Å². The summed E-state index contributed by atoms with van der Waals surface area (Å²) in [5, 5.41) is 9.99. The minimum Gasteiger partial charge on any atom is -0.322 e. The lowest BCUT2D eigenvalue weighted by Gasteiger charge is -2.10. The van der Waals surface area contributed by atoms with Gasteiger partial charge in [-0.1, -0.05) is 36.4 Å². The van der Waals surface area contributed by atoms with Crippen LogP contribution in [-0.2, 0) is 9.84 Å². The van der Waals surface area contributed by atoms with Crippen LogP contribution in [0.4, 0.5) is 5.69 Å². The van der Waals surface area contributed by atoms with Crippen LogP contribution in [0.1, 0.15) is 15.9 Å². The summed E-state index contributed by atoms with van der Waals surface area (Å²) in [6.45, 7) is 1.76. The van der Waals surface area contributed by atoms with Crippen LogP contribution < -0.4 is 5.32 Å². The fourth-order valence-electron chi connectivity index (χ4n) is 3.09. The van der Waals surface area contributed by atoms with Gasteiger partial charge in [-0.15, -0.1) is 0 Å². The Morgan fingerprint density at radius 1 is 0.935 bits per heavy atom. The molecule has 1 aromatic heterocycles. The number of rotatable bonds is 5. The van der Waals surface area contributed by atoms with Gasteiger partial charge in [0.1, 0.15) is 0 Å². The van der Waals surface area contributed by atoms with Crippen molar-refractivity contribution < 1.29 is 13.2 Å². The second-order valence-electron chi connectivity index (χ2n) is 7.15. The lowest BCUT2D eigenvalue weighted by atomic mass is 10.1. The van der Waals surface area contributed by atoms with Gasteiger partial charge >= 0.3 is 0 Å². The number of nitrogens with one attached hydrogen (secondary N) is 2. The van der Waals surface area contributed by atoms with Crippen LogP contribution in [0.3, 0.4) is 0 Å². The predicted molar refractivity (Wildman–Crippen MR) is 119 cm³/mol. The first-order chi connectivity index (χ1) is 14.8. The van der Waals surface area contributed by atoms with E-state index in [-0.39, 0.29) is 10.8 Å². The molecular weight excluding hydrogens is 412 g/mol. The zero-order valence-corrected chi connectivity index (χ0v) is 17.8. The number of carbonyl (C=O) groups is 1. The maximum Gasteiger partial charge on any atom is 0.255 e. The lowest BCUT2D eigenvalue weighted by Crippen LogP contribution is -2.14. The summed E-state index contributed by atoms with van der Waals surface area (Å²) in [6.07, 6.45) is 1.12. The quantitative estimate of drug-likeness (QED) is 0.494. The van der Waals surface area contributed by atoms with Crippen LogP contribution >= 0.6 is 0 Å². The summed E-state index contributed by atoms with van der Waals surface area (Å²) in [6, 6.07) is 21.3. The van der Waals surface area contributed by atoms with Gasteiger partial charge in [-0.2, -0.15) is 5.10 Å². The van der Waals surface area contributed by atoms with Gasteiger partial charge in [-0.25, -0.2) is 13.4 Å². The molecule has 0 saturated carbocycles. The van der Waals surface area contributed by atoms with Gasteiger partial charge in [0.15, 0.2) is 21.5 Å². The van der Waals surface area contributed by atoms with Gasteiger partial charge < -0.3 is 5.32 Å². The molecule has 0 unspecified atom stereocenters. The van der Waals surface area contributed by atoms with E-state index >= 15 is 0 Å². The third kappa shape index (κ3) is 4.54. The van der Waals surface area contributed by atoms with Gasteiger partial charge in [-0.05, 0) is 48.9 Å². The molecule has 1 amide bonds. The van der Waals surface area contributed by atoms with E-state index in [0.717, 1.165) is 17.4 Å². The molecule has 0 aliphatic rings. The Morgan fingerprint density at radius 3 is 2.32 bits per heavy atom. The molecular formula is C23H20N4O3S. The summed E-state index contributed by atoms with van der Waals surface area (Å²) in [5.74, 6) is 0.851. The number of hydrogen-bond donors (Lipinski definition) is 2. The Bertz CT molecular complexity index is 1350. The second-order valence-corrected chi connectivity index (χ2v) is 9.17. The number of H-pyrrole nitrogens is 1. The first kappa shape index (κ1) is 20.5. The number of aryl methyl sites for hydroxylation is 1. The summed E-state index contributed by atoms with van der Waals surface area (Å²) < 4.78 is 23.6. The summed E-state index contributed by atoms with van der Waals surface area (Å²) >= 11 is 0. The number of aromatic amines is 1. The van der Waals surface area contributed by atoms with Crippen molar-refractivity contribution in [2.45, 2.75) is 11.8 Å². The Kier molecular flexibility index (Phi) is 5.39. The standard InChI is InChI=1S/C23H20N4O3S/c1-15-8-13-19(31(2,29)30)14-20(15)23(28)24-18-11-9-17(10-12-18)22-25-21(26-27-22)16-6-4-3-5-7-16/h3-14H,1-2H3,(H,24,28)(H,25,26,27). The summed E-state index contributed by atoms with van der Waals surface area (Å²) in [7, 11) is -3.40. The zero-order valence-electron chi connectivity index (χ0n) is 17.0. The average Bonchev–Trinajstić information content (AvgIpc) is 3.24. The number of aromatic nitrogens is 3. The molecule has 0 aliphatic carbocycles. The molecule has 2 N–H and O–H groups in total. The van der Waals surface area contributed by atoms with Crippen LogP contribution in [0, 0.1) is 6.92 Å². The van der Waals surface area contributed by atoms with Gasteiger partial charge in [0.05, 0.1) is 4.90 Å². The van der Waals surface area contributed by atoms with Gasteiger partial charge in [0.25, 0.3) is 5.91 Å². The number of hydrogen-bond acceptors (Lipinski definition) is 5. The van der Waals surface area contributed by atoms with E-state index in [9.17, 15) is 13.2 Å². The van der Waals surface area contributed by atoms with Gasteiger partial charge in [0.2, 0.25) is 0 Å². The van der Waals surface area contributed by atoms with E-state index in [1.165, 1.54) is 12.1 Å². The van der Waals surface area contributed by atoms with E-state index in [4.69, 9.17) is 0 Å². The van der Waals surface area contributed by atoms with Crippen molar-refractivity contribution in [3.63, 3.8) is 0 Å². The van der Waals surface area contributed by atoms with E-state index in [0.29, 0.717) is 28.5 Å². The highest BCUT2D eigenvalue weighted by molar-refractivity contribution is 7.90. The van der Waals surface area contributed by atoms with E-state index in [1.54, 1.807) is 25.1 Å². The normalized spacial score (nSPS) is 11.3. The molecule has 0 bridgehead atoms. The monoisotopic (exact) mass is 432 g/mol. The van der Waals surface area contributed by atoms with Crippen LogP contribution in [0.25, 0.3) is 22.8 Å². The van der Waals surface area contributed by atoms with Gasteiger partial charge in [-0.3, -0.25) is 9.89 Å². The molecule has 7 nitrogen and oxygen atoms in total. The minimum absolute atomic E-state index is 0.109. The Morgan fingerprint density at radius 2 is 1.65 bits per heavy atom. The lowest BCUT2D eigenvalue weighted by molar-refractivity contribution is 0.102. The molecule has 4 aromatic rings. The van der Waals surface area contributed by atoms with Crippen LogP contribution in [0.5, 0.6) is 0 Å². The molecule has 3 aromatic carbocycles. The maximum absolute atomic E-state index is 12.7.